The fourth-order valence-corrected chi connectivity index (χ4v) is 2.55. The maximum absolute atomic E-state index is 11.6. The summed E-state index contributed by atoms with van der Waals surface area (Å²) in [7, 11) is 0. The van der Waals surface area contributed by atoms with Gasteiger partial charge in [-0.2, -0.15) is 0 Å². The summed E-state index contributed by atoms with van der Waals surface area (Å²) >= 11 is 0. The molecule has 0 atom stereocenters. The van der Waals surface area contributed by atoms with Crippen molar-refractivity contribution < 1.29 is 14.3 Å². The second-order valence-corrected chi connectivity index (χ2v) is 5.96. The van der Waals surface area contributed by atoms with Gasteiger partial charge in [0.05, 0.1) is 13.2 Å². The lowest BCUT2D eigenvalue weighted by molar-refractivity contribution is -0.143. The molecule has 0 aliphatic rings. The first-order valence-electron chi connectivity index (χ1n) is 8.91. The van der Waals surface area contributed by atoms with E-state index in [0.717, 1.165) is 41.0 Å². The summed E-state index contributed by atoms with van der Waals surface area (Å²) in [6.45, 7) is 5.07. The van der Waals surface area contributed by atoms with Crippen LogP contribution in [0.15, 0.2) is 42.5 Å². The average molecular weight is 341 g/mol. The van der Waals surface area contributed by atoms with E-state index < -0.39 is 0 Å². The first kappa shape index (κ1) is 18.8. The van der Waals surface area contributed by atoms with Crippen LogP contribution in [0.25, 0.3) is 11.1 Å². The van der Waals surface area contributed by atoms with Gasteiger partial charge in [-0.3, -0.25) is 4.79 Å². The van der Waals surface area contributed by atoms with Gasteiger partial charge in [0.25, 0.3) is 0 Å². The van der Waals surface area contributed by atoms with Crippen molar-refractivity contribution in [3.05, 3.63) is 48.0 Å². The third-order valence-corrected chi connectivity index (χ3v) is 3.94. The maximum Gasteiger partial charge on any atom is 0.306 e. The summed E-state index contributed by atoms with van der Waals surface area (Å²) in [6.07, 6.45) is 3.14. The molecule has 134 valence electrons. The van der Waals surface area contributed by atoms with Crippen LogP contribution >= 0.6 is 0 Å². The molecule has 0 unspecified atom stereocenters. The molecule has 4 nitrogen and oxygen atoms in total. The standard InChI is InChI=1S/C21H27NO3/c1-3-5-14-25-20-12-6-16(7-13-21(23)24-4-2)15-19(20)17-8-10-18(22)11-9-17/h6,8-12,15H,3-5,7,13-14,22H2,1-2H3. The Labute approximate surface area is 150 Å². The summed E-state index contributed by atoms with van der Waals surface area (Å²) in [5.74, 6) is 0.693. The number of carbonyl (C=O) groups excluding carboxylic acids is 1. The van der Waals surface area contributed by atoms with Gasteiger partial charge >= 0.3 is 5.97 Å². The van der Waals surface area contributed by atoms with Gasteiger partial charge in [0.1, 0.15) is 5.75 Å². The van der Waals surface area contributed by atoms with E-state index in [0.29, 0.717) is 26.1 Å². The van der Waals surface area contributed by atoms with Crippen molar-refractivity contribution in [2.24, 2.45) is 0 Å². The van der Waals surface area contributed by atoms with Crippen molar-refractivity contribution in [2.45, 2.75) is 39.5 Å². The number of ether oxygens (including phenoxy) is 2. The van der Waals surface area contributed by atoms with E-state index in [1.165, 1.54) is 0 Å². The fourth-order valence-electron chi connectivity index (χ4n) is 2.55. The molecule has 2 N–H and O–H groups in total. The number of nitrogens with two attached hydrogens (primary N) is 1. The second-order valence-electron chi connectivity index (χ2n) is 5.96. The van der Waals surface area contributed by atoms with Crippen LogP contribution in [0.5, 0.6) is 5.75 Å². The van der Waals surface area contributed by atoms with E-state index in [4.69, 9.17) is 15.2 Å². The van der Waals surface area contributed by atoms with Crippen molar-refractivity contribution in [2.75, 3.05) is 18.9 Å². The largest absolute Gasteiger partial charge is 0.493 e. The Kier molecular flexibility index (Phi) is 7.33. The van der Waals surface area contributed by atoms with Crippen LogP contribution in [0.1, 0.15) is 38.7 Å². The van der Waals surface area contributed by atoms with Gasteiger partial charge in [0.15, 0.2) is 0 Å². The molecule has 25 heavy (non-hydrogen) atoms. The van der Waals surface area contributed by atoms with Crippen LogP contribution < -0.4 is 10.5 Å². The van der Waals surface area contributed by atoms with Crippen LogP contribution in [0.3, 0.4) is 0 Å². The molecule has 0 aliphatic heterocycles. The highest BCUT2D eigenvalue weighted by atomic mass is 16.5. The Morgan fingerprint density at radius 1 is 1.08 bits per heavy atom. The van der Waals surface area contributed by atoms with Crippen molar-refractivity contribution >= 4 is 11.7 Å². The normalized spacial score (nSPS) is 10.5. The van der Waals surface area contributed by atoms with Crippen LogP contribution in [0, 0.1) is 0 Å². The summed E-state index contributed by atoms with van der Waals surface area (Å²) in [5.41, 5.74) is 9.70. The molecule has 2 aromatic rings. The van der Waals surface area contributed by atoms with Gasteiger partial charge < -0.3 is 15.2 Å². The van der Waals surface area contributed by atoms with Crippen LogP contribution in [0.4, 0.5) is 5.69 Å². The third kappa shape index (κ3) is 5.82. The van der Waals surface area contributed by atoms with Crippen molar-refractivity contribution in [3.63, 3.8) is 0 Å². The summed E-state index contributed by atoms with van der Waals surface area (Å²) in [6, 6.07) is 13.8. The number of rotatable bonds is 9. The van der Waals surface area contributed by atoms with Gasteiger partial charge in [-0.25, -0.2) is 0 Å². The number of benzene rings is 2. The van der Waals surface area contributed by atoms with E-state index in [1.807, 2.05) is 43.3 Å². The van der Waals surface area contributed by atoms with Crippen molar-refractivity contribution in [1.29, 1.82) is 0 Å². The number of unbranched alkanes of at least 4 members (excludes halogenated alkanes) is 1. The number of aryl methyl sites for hydroxylation is 1. The zero-order valence-electron chi connectivity index (χ0n) is 15.1. The SMILES string of the molecule is CCCCOc1ccc(CCC(=O)OCC)cc1-c1ccc(N)cc1. The number of nitrogen functional groups attached to an aromatic ring is 1. The topological polar surface area (TPSA) is 61.5 Å². The summed E-state index contributed by atoms with van der Waals surface area (Å²) in [5, 5.41) is 0. The lowest BCUT2D eigenvalue weighted by Gasteiger charge is -2.14. The smallest absolute Gasteiger partial charge is 0.306 e. The van der Waals surface area contributed by atoms with E-state index >= 15 is 0 Å². The fraction of sp³-hybridized carbons (Fsp3) is 0.381. The Balaban J connectivity index is 2.22. The first-order valence-corrected chi connectivity index (χ1v) is 8.91. The van der Waals surface area contributed by atoms with Crippen LogP contribution in [-0.2, 0) is 16.0 Å². The van der Waals surface area contributed by atoms with Gasteiger partial charge in [0, 0.05) is 17.7 Å². The van der Waals surface area contributed by atoms with E-state index in [9.17, 15) is 4.79 Å². The monoisotopic (exact) mass is 341 g/mol. The molecule has 4 heteroatoms. The minimum atomic E-state index is -0.167. The van der Waals surface area contributed by atoms with Crippen LogP contribution in [-0.4, -0.2) is 19.2 Å². The molecule has 0 saturated carbocycles. The molecule has 0 aromatic heterocycles. The zero-order chi connectivity index (χ0) is 18.1. The van der Waals surface area contributed by atoms with Gasteiger partial charge in [-0.1, -0.05) is 31.5 Å². The van der Waals surface area contributed by atoms with E-state index in [2.05, 4.69) is 13.0 Å². The highest BCUT2D eigenvalue weighted by Gasteiger charge is 2.10. The number of carbonyl (C=O) groups is 1. The summed E-state index contributed by atoms with van der Waals surface area (Å²) in [4.78, 5) is 11.6. The lowest BCUT2D eigenvalue weighted by Crippen LogP contribution is -2.05. The average Bonchev–Trinajstić information content (AvgIpc) is 2.62. The molecular weight excluding hydrogens is 314 g/mol. The molecule has 0 saturated heterocycles. The number of hydrogen-bond acceptors (Lipinski definition) is 4. The Bertz CT molecular complexity index is 680. The molecule has 0 fully saturated rings. The zero-order valence-corrected chi connectivity index (χ0v) is 15.1. The van der Waals surface area contributed by atoms with Crippen LogP contribution in [0.2, 0.25) is 0 Å². The molecule has 0 radical (unpaired) electrons. The number of hydrogen-bond donors (Lipinski definition) is 1. The second kappa shape index (κ2) is 9.72. The predicted molar refractivity (Wildman–Crippen MR) is 102 cm³/mol. The molecule has 0 spiro atoms. The van der Waals surface area contributed by atoms with E-state index in [-0.39, 0.29) is 5.97 Å². The Hall–Kier alpha value is -2.49. The van der Waals surface area contributed by atoms with Crippen molar-refractivity contribution in [1.82, 2.24) is 0 Å². The molecule has 0 amide bonds. The van der Waals surface area contributed by atoms with Gasteiger partial charge in [-0.05, 0) is 55.2 Å². The summed E-state index contributed by atoms with van der Waals surface area (Å²) < 4.78 is 11.0. The Morgan fingerprint density at radius 2 is 1.84 bits per heavy atom. The third-order valence-electron chi connectivity index (χ3n) is 3.94. The highest BCUT2D eigenvalue weighted by Crippen LogP contribution is 2.32. The minimum Gasteiger partial charge on any atom is -0.493 e. The number of esters is 1. The predicted octanol–water partition coefficient (Wildman–Crippen LogP) is 4.61. The number of anilines is 1. The molecule has 0 bridgehead atoms. The molecule has 2 rings (SSSR count). The van der Waals surface area contributed by atoms with Gasteiger partial charge in [-0.15, -0.1) is 0 Å². The molecule has 0 heterocycles. The molecule has 2 aromatic carbocycles. The molecule has 0 aliphatic carbocycles. The lowest BCUT2D eigenvalue weighted by atomic mass is 9.99. The Morgan fingerprint density at radius 3 is 2.52 bits per heavy atom. The van der Waals surface area contributed by atoms with Gasteiger partial charge in [0.2, 0.25) is 0 Å². The molecular formula is C21H27NO3. The highest BCUT2D eigenvalue weighted by molar-refractivity contribution is 5.73. The first-order chi connectivity index (χ1) is 12.1. The maximum atomic E-state index is 11.6. The van der Waals surface area contributed by atoms with Crippen molar-refractivity contribution in [3.8, 4) is 16.9 Å². The van der Waals surface area contributed by atoms with E-state index in [1.54, 1.807) is 0 Å². The quantitative estimate of drug-likeness (QED) is 0.411. The minimum absolute atomic E-state index is 0.167.